The van der Waals surface area contributed by atoms with Crippen molar-refractivity contribution in [2.24, 2.45) is 0 Å². The molecule has 0 spiro atoms. The molecule has 1 saturated heterocycles. The molecule has 0 radical (unpaired) electrons. The summed E-state index contributed by atoms with van der Waals surface area (Å²) in [7, 11) is 0. The Labute approximate surface area is 136 Å². The summed E-state index contributed by atoms with van der Waals surface area (Å²) in [6.07, 6.45) is 6.71. The number of nitrogens with zero attached hydrogens (tertiary/aromatic N) is 4. The number of halogens is 1. The first-order valence-electron chi connectivity index (χ1n) is 7.19. The van der Waals surface area contributed by atoms with Gasteiger partial charge in [0.15, 0.2) is 5.65 Å². The summed E-state index contributed by atoms with van der Waals surface area (Å²) in [6, 6.07) is 0. The van der Waals surface area contributed by atoms with Gasteiger partial charge in [-0.1, -0.05) is 0 Å². The summed E-state index contributed by atoms with van der Waals surface area (Å²) in [5, 5.41) is 8.84. The smallest absolute Gasteiger partial charge is 0.272 e. The van der Waals surface area contributed by atoms with Crippen LogP contribution in [0, 0.1) is 0 Å². The van der Waals surface area contributed by atoms with Gasteiger partial charge in [-0.15, -0.1) is 0 Å². The van der Waals surface area contributed by atoms with E-state index in [4.69, 9.17) is 9.84 Å². The molecule has 1 atom stereocenters. The largest absolute Gasteiger partial charge is 0.394 e. The molecule has 1 aliphatic heterocycles. The highest BCUT2D eigenvalue weighted by atomic mass is 79.9. The zero-order valence-electron chi connectivity index (χ0n) is 12.0. The van der Waals surface area contributed by atoms with E-state index < -0.39 is 0 Å². The normalized spacial score (nSPS) is 18.8. The van der Waals surface area contributed by atoms with Crippen molar-refractivity contribution in [3.63, 3.8) is 0 Å². The minimum Gasteiger partial charge on any atom is -0.394 e. The molecule has 0 unspecified atom stereocenters. The minimum atomic E-state index is -0.0668. The fourth-order valence-electron chi connectivity index (χ4n) is 2.66. The SMILES string of the molecule is O=C(c1cnc2cnc(Br)cn12)N1CCC[C@H](OCCO)C1. The van der Waals surface area contributed by atoms with Crippen molar-refractivity contribution in [1.82, 2.24) is 19.3 Å². The molecule has 1 amide bonds. The van der Waals surface area contributed by atoms with Crippen LogP contribution in [0.1, 0.15) is 23.3 Å². The number of imidazole rings is 1. The fraction of sp³-hybridized carbons (Fsp3) is 0.500. The van der Waals surface area contributed by atoms with Crippen LogP contribution < -0.4 is 0 Å². The van der Waals surface area contributed by atoms with Gasteiger partial charge in [0.1, 0.15) is 10.3 Å². The Bertz CT molecular complexity index is 675. The second kappa shape index (κ2) is 6.72. The Balaban J connectivity index is 1.78. The lowest BCUT2D eigenvalue weighted by Gasteiger charge is -2.32. The highest BCUT2D eigenvalue weighted by molar-refractivity contribution is 9.10. The minimum absolute atomic E-state index is 0.00126. The number of rotatable bonds is 4. The van der Waals surface area contributed by atoms with Gasteiger partial charge >= 0.3 is 0 Å². The van der Waals surface area contributed by atoms with Gasteiger partial charge in [0.25, 0.3) is 5.91 Å². The van der Waals surface area contributed by atoms with Gasteiger partial charge in [-0.3, -0.25) is 9.20 Å². The first-order valence-corrected chi connectivity index (χ1v) is 7.98. The molecule has 1 N–H and O–H groups in total. The number of aromatic nitrogens is 3. The van der Waals surface area contributed by atoms with Crippen LogP contribution in [-0.4, -0.2) is 62.7 Å². The molecule has 118 valence electrons. The number of amides is 1. The van der Waals surface area contributed by atoms with Crippen LogP contribution in [0.25, 0.3) is 5.65 Å². The molecule has 1 fully saturated rings. The molecule has 22 heavy (non-hydrogen) atoms. The average Bonchev–Trinajstić information content (AvgIpc) is 2.95. The van der Waals surface area contributed by atoms with Crippen molar-refractivity contribution in [2.75, 3.05) is 26.3 Å². The van der Waals surface area contributed by atoms with E-state index in [2.05, 4.69) is 25.9 Å². The number of aliphatic hydroxyl groups excluding tert-OH is 1. The van der Waals surface area contributed by atoms with Crippen molar-refractivity contribution < 1.29 is 14.6 Å². The second-order valence-corrected chi connectivity index (χ2v) is 6.00. The van der Waals surface area contributed by atoms with Crippen LogP contribution >= 0.6 is 15.9 Å². The van der Waals surface area contributed by atoms with Crippen LogP contribution in [0.4, 0.5) is 0 Å². The Hall–Kier alpha value is -1.51. The number of ether oxygens (including phenoxy) is 1. The Morgan fingerprint density at radius 2 is 2.32 bits per heavy atom. The molecular formula is C14H17BrN4O3. The number of fused-ring (bicyclic) bond motifs is 1. The van der Waals surface area contributed by atoms with E-state index in [0.717, 1.165) is 12.8 Å². The van der Waals surface area contributed by atoms with Crippen molar-refractivity contribution in [3.8, 4) is 0 Å². The van der Waals surface area contributed by atoms with Crippen molar-refractivity contribution in [1.29, 1.82) is 0 Å². The molecule has 0 aliphatic carbocycles. The number of piperidine rings is 1. The van der Waals surface area contributed by atoms with E-state index in [0.29, 0.717) is 35.6 Å². The highest BCUT2D eigenvalue weighted by Gasteiger charge is 2.26. The van der Waals surface area contributed by atoms with E-state index in [1.54, 1.807) is 27.9 Å². The van der Waals surface area contributed by atoms with E-state index in [-0.39, 0.29) is 18.6 Å². The van der Waals surface area contributed by atoms with Gasteiger partial charge in [0.05, 0.1) is 31.7 Å². The zero-order chi connectivity index (χ0) is 15.5. The number of hydrogen-bond donors (Lipinski definition) is 1. The second-order valence-electron chi connectivity index (χ2n) is 5.19. The standard InChI is InChI=1S/C14H17BrN4O3/c15-12-9-19-11(6-17-13(19)7-16-12)14(21)18-3-1-2-10(8-18)22-5-4-20/h6-7,9-10,20H,1-5,8H2/t10-/m0/s1. The van der Waals surface area contributed by atoms with Crippen LogP contribution in [0.5, 0.6) is 0 Å². The van der Waals surface area contributed by atoms with Crippen LogP contribution in [-0.2, 0) is 4.74 Å². The number of hydrogen-bond acceptors (Lipinski definition) is 5. The summed E-state index contributed by atoms with van der Waals surface area (Å²) >= 11 is 3.31. The van der Waals surface area contributed by atoms with Gasteiger partial charge in [0.2, 0.25) is 0 Å². The lowest BCUT2D eigenvalue weighted by molar-refractivity contribution is -0.0112. The highest BCUT2D eigenvalue weighted by Crippen LogP contribution is 2.17. The number of carbonyl (C=O) groups is 1. The van der Waals surface area contributed by atoms with E-state index >= 15 is 0 Å². The van der Waals surface area contributed by atoms with E-state index in [1.807, 2.05) is 0 Å². The Kier molecular flexibility index (Phi) is 4.70. The predicted molar refractivity (Wildman–Crippen MR) is 82.7 cm³/mol. The molecule has 0 saturated carbocycles. The first kappa shape index (κ1) is 15.4. The monoisotopic (exact) mass is 368 g/mol. The molecule has 8 heteroatoms. The molecular weight excluding hydrogens is 352 g/mol. The molecule has 2 aromatic rings. The third-order valence-electron chi connectivity index (χ3n) is 3.69. The Morgan fingerprint density at radius 3 is 3.14 bits per heavy atom. The van der Waals surface area contributed by atoms with Crippen LogP contribution in [0.3, 0.4) is 0 Å². The van der Waals surface area contributed by atoms with E-state index in [9.17, 15) is 4.79 Å². The predicted octanol–water partition coefficient (Wildman–Crippen LogP) is 1.11. The van der Waals surface area contributed by atoms with Gasteiger partial charge in [-0.2, -0.15) is 0 Å². The third kappa shape index (κ3) is 3.13. The molecule has 1 aliphatic rings. The third-order valence-corrected chi connectivity index (χ3v) is 4.10. The fourth-order valence-corrected chi connectivity index (χ4v) is 2.97. The number of aliphatic hydroxyl groups is 1. The lowest BCUT2D eigenvalue weighted by Crippen LogP contribution is -2.43. The lowest BCUT2D eigenvalue weighted by atomic mass is 10.1. The summed E-state index contributed by atoms with van der Waals surface area (Å²) in [5.74, 6) is -0.0668. The summed E-state index contributed by atoms with van der Waals surface area (Å²) in [6.45, 7) is 1.55. The number of likely N-dealkylation sites (tertiary alicyclic amines) is 1. The quantitative estimate of drug-likeness (QED) is 0.873. The summed E-state index contributed by atoms with van der Waals surface area (Å²) in [5.41, 5.74) is 1.15. The molecule has 0 bridgehead atoms. The Morgan fingerprint density at radius 1 is 1.45 bits per heavy atom. The topological polar surface area (TPSA) is 80.0 Å². The first-order chi connectivity index (χ1) is 10.7. The molecule has 3 heterocycles. The van der Waals surface area contributed by atoms with Crippen molar-refractivity contribution in [3.05, 3.63) is 28.9 Å². The maximum Gasteiger partial charge on any atom is 0.272 e. The van der Waals surface area contributed by atoms with E-state index in [1.165, 1.54) is 0 Å². The van der Waals surface area contributed by atoms with Crippen LogP contribution in [0.15, 0.2) is 23.2 Å². The molecule has 0 aromatic carbocycles. The number of carbonyl (C=O) groups excluding carboxylic acids is 1. The van der Waals surface area contributed by atoms with Crippen molar-refractivity contribution in [2.45, 2.75) is 18.9 Å². The zero-order valence-corrected chi connectivity index (χ0v) is 13.6. The summed E-state index contributed by atoms with van der Waals surface area (Å²) < 4.78 is 7.93. The van der Waals surface area contributed by atoms with Gasteiger partial charge in [0, 0.05) is 19.3 Å². The molecule has 2 aromatic heterocycles. The maximum absolute atomic E-state index is 12.7. The molecule has 3 rings (SSSR count). The van der Waals surface area contributed by atoms with Gasteiger partial charge in [-0.25, -0.2) is 9.97 Å². The summed E-state index contributed by atoms with van der Waals surface area (Å²) in [4.78, 5) is 22.8. The van der Waals surface area contributed by atoms with Gasteiger partial charge in [-0.05, 0) is 28.8 Å². The maximum atomic E-state index is 12.7. The average molecular weight is 369 g/mol. The molecule has 7 nitrogen and oxygen atoms in total. The van der Waals surface area contributed by atoms with Crippen molar-refractivity contribution >= 4 is 27.5 Å². The van der Waals surface area contributed by atoms with Gasteiger partial charge < -0.3 is 14.7 Å². The van der Waals surface area contributed by atoms with Crippen LogP contribution in [0.2, 0.25) is 0 Å².